The van der Waals surface area contributed by atoms with Crippen LogP contribution in [0.1, 0.15) is 0 Å². The number of hydrogen-bond donors (Lipinski definition) is 1. The number of anilines is 2. The molecule has 2 rings (SSSR count). The van der Waals surface area contributed by atoms with Crippen molar-refractivity contribution in [3.05, 3.63) is 44.8 Å². The summed E-state index contributed by atoms with van der Waals surface area (Å²) in [6.45, 7) is 0. The number of benzene rings is 1. The average Bonchev–Trinajstić information content (AvgIpc) is 2.25. The fraction of sp³-hybridized carbons (Fsp3) is 0. The molecule has 0 aliphatic carbocycles. The van der Waals surface area contributed by atoms with E-state index in [9.17, 15) is 0 Å². The first-order valence-corrected chi connectivity index (χ1v) is 6.11. The summed E-state index contributed by atoms with van der Waals surface area (Å²) in [5.41, 5.74) is 1.01. The monoisotopic (exact) mass is 375 g/mol. The van der Waals surface area contributed by atoms with E-state index in [1.807, 2.05) is 24.3 Å². The quantitative estimate of drug-likeness (QED) is 0.815. The zero-order valence-corrected chi connectivity index (χ0v) is 11.4. The summed E-state index contributed by atoms with van der Waals surface area (Å²) in [4.78, 5) is 8.26. The van der Waals surface area contributed by atoms with Crippen LogP contribution in [-0.2, 0) is 0 Å². The van der Waals surface area contributed by atoms with Gasteiger partial charge in [-0.3, -0.25) is 0 Å². The summed E-state index contributed by atoms with van der Waals surface area (Å²) in [6.07, 6.45) is 3.34. The minimum absolute atomic E-state index is 0.732. The van der Waals surface area contributed by atoms with E-state index in [-0.39, 0.29) is 0 Å². The van der Waals surface area contributed by atoms with E-state index in [2.05, 4.69) is 53.8 Å². The van der Waals surface area contributed by atoms with Crippen molar-refractivity contribution in [3.8, 4) is 0 Å². The maximum atomic E-state index is 4.17. The van der Waals surface area contributed by atoms with Crippen LogP contribution < -0.4 is 5.32 Å². The molecule has 0 saturated heterocycles. The maximum absolute atomic E-state index is 4.17. The number of halogens is 2. The molecule has 0 unspecified atom stereocenters. The van der Waals surface area contributed by atoms with E-state index < -0.39 is 0 Å². The Hall–Kier alpha value is -0.690. The maximum Gasteiger partial charge on any atom is 0.148 e. The minimum atomic E-state index is 0.732. The molecule has 0 saturated carbocycles. The van der Waals surface area contributed by atoms with Crippen molar-refractivity contribution in [1.82, 2.24) is 9.97 Å². The molecule has 0 aliphatic rings. The molecule has 1 aromatic heterocycles. The molecule has 1 N–H and O–H groups in total. The third kappa shape index (κ3) is 3.13. The van der Waals surface area contributed by atoms with Gasteiger partial charge in [0.2, 0.25) is 0 Å². The number of rotatable bonds is 2. The third-order valence-corrected chi connectivity index (χ3v) is 2.87. The second-order valence-electron chi connectivity index (χ2n) is 2.86. The van der Waals surface area contributed by atoms with Crippen molar-refractivity contribution in [2.45, 2.75) is 0 Å². The van der Waals surface area contributed by atoms with Crippen molar-refractivity contribution < 1.29 is 0 Å². The van der Waals surface area contributed by atoms with E-state index in [1.165, 1.54) is 3.57 Å². The highest BCUT2D eigenvalue weighted by Crippen LogP contribution is 2.16. The van der Waals surface area contributed by atoms with Gasteiger partial charge < -0.3 is 5.32 Å². The Kier molecular flexibility index (Phi) is 3.53. The fourth-order valence-corrected chi connectivity index (χ4v) is 1.62. The van der Waals surface area contributed by atoms with Crippen molar-refractivity contribution in [1.29, 1.82) is 0 Å². The van der Waals surface area contributed by atoms with Crippen LogP contribution in [0.25, 0.3) is 0 Å². The highest BCUT2D eigenvalue weighted by Gasteiger charge is 1.96. The van der Waals surface area contributed by atoms with E-state index in [4.69, 9.17) is 0 Å². The first kappa shape index (κ1) is 10.8. The Morgan fingerprint density at radius 1 is 1.07 bits per heavy atom. The summed E-state index contributed by atoms with van der Waals surface area (Å²) in [5.74, 6) is 0.736. The molecule has 0 fully saturated rings. The topological polar surface area (TPSA) is 37.8 Å². The largest absolute Gasteiger partial charge is 0.339 e. The lowest BCUT2D eigenvalue weighted by Gasteiger charge is -2.04. The van der Waals surface area contributed by atoms with Crippen LogP contribution >= 0.6 is 38.5 Å². The summed E-state index contributed by atoms with van der Waals surface area (Å²) in [7, 11) is 0. The van der Waals surface area contributed by atoms with Gasteiger partial charge in [-0.15, -0.1) is 0 Å². The van der Waals surface area contributed by atoms with Crippen LogP contribution in [-0.4, -0.2) is 9.97 Å². The van der Waals surface area contributed by atoms with Crippen LogP contribution in [0.2, 0.25) is 0 Å². The average molecular weight is 376 g/mol. The second-order valence-corrected chi connectivity index (χ2v) is 4.91. The number of hydrogen-bond acceptors (Lipinski definition) is 3. The van der Waals surface area contributed by atoms with Crippen LogP contribution in [0.5, 0.6) is 0 Å². The van der Waals surface area contributed by atoms with Crippen LogP contribution in [0, 0.1) is 3.57 Å². The summed E-state index contributed by atoms with van der Waals surface area (Å²) < 4.78 is 1.94. The summed E-state index contributed by atoms with van der Waals surface area (Å²) in [5, 5.41) is 3.16. The standard InChI is InChI=1S/C10H7BrIN3/c11-9-5-14-10(6-13-9)15-8-3-1-7(12)2-4-8/h1-6H,(H,14,15). The van der Waals surface area contributed by atoms with Gasteiger partial charge in [0.15, 0.2) is 0 Å². The molecule has 0 amide bonds. The Morgan fingerprint density at radius 2 is 1.80 bits per heavy atom. The molecular formula is C10H7BrIN3. The lowest BCUT2D eigenvalue weighted by molar-refractivity contribution is 1.16. The molecular weight excluding hydrogens is 369 g/mol. The smallest absolute Gasteiger partial charge is 0.148 e. The van der Waals surface area contributed by atoms with E-state index in [0.29, 0.717) is 0 Å². The molecule has 3 nitrogen and oxygen atoms in total. The zero-order valence-electron chi connectivity index (χ0n) is 7.61. The first-order chi connectivity index (χ1) is 7.24. The lowest BCUT2D eigenvalue weighted by atomic mass is 10.3. The molecule has 0 aliphatic heterocycles. The Labute approximate surface area is 110 Å². The van der Waals surface area contributed by atoms with E-state index in [1.54, 1.807) is 12.4 Å². The highest BCUT2D eigenvalue weighted by molar-refractivity contribution is 14.1. The molecule has 0 spiro atoms. The molecule has 0 atom stereocenters. The van der Waals surface area contributed by atoms with Crippen molar-refractivity contribution >= 4 is 50.0 Å². The normalized spacial score (nSPS) is 10.0. The van der Waals surface area contributed by atoms with Crippen LogP contribution in [0.3, 0.4) is 0 Å². The Balaban J connectivity index is 2.15. The SMILES string of the molecule is Brc1cnc(Nc2ccc(I)cc2)cn1. The third-order valence-electron chi connectivity index (χ3n) is 1.74. The van der Waals surface area contributed by atoms with Crippen molar-refractivity contribution in [2.75, 3.05) is 5.32 Å². The van der Waals surface area contributed by atoms with Crippen LogP contribution in [0.15, 0.2) is 41.3 Å². The van der Waals surface area contributed by atoms with Gasteiger partial charge in [-0.2, -0.15) is 0 Å². The van der Waals surface area contributed by atoms with Gasteiger partial charge in [0, 0.05) is 9.26 Å². The predicted molar refractivity (Wildman–Crippen MR) is 72.2 cm³/mol. The molecule has 1 aromatic carbocycles. The van der Waals surface area contributed by atoms with Crippen molar-refractivity contribution in [3.63, 3.8) is 0 Å². The summed E-state index contributed by atoms with van der Waals surface area (Å²) in [6, 6.07) is 8.08. The van der Waals surface area contributed by atoms with Gasteiger partial charge in [-0.05, 0) is 62.8 Å². The molecule has 0 radical (unpaired) electrons. The molecule has 0 bridgehead atoms. The van der Waals surface area contributed by atoms with Crippen LogP contribution in [0.4, 0.5) is 11.5 Å². The lowest BCUT2D eigenvalue weighted by Crippen LogP contribution is -1.93. The van der Waals surface area contributed by atoms with Gasteiger partial charge in [-0.1, -0.05) is 0 Å². The van der Waals surface area contributed by atoms with E-state index >= 15 is 0 Å². The highest BCUT2D eigenvalue weighted by atomic mass is 127. The molecule has 2 aromatic rings. The first-order valence-electron chi connectivity index (χ1n) is 4.24. The fourth-order valence-electron chi connectivity index (χ4n) is 1.06. The predicted octanol–water partition coefficient (Wildman–Crippen LogP) is 3.59. The molecule has 1 heterocycles. The van der Waals surface area contributed by atoms with Crippen molar-refractivity contribution in [2.24, 2.45) is 0 Å². The number of nitrogens with zero attached hydrogens (tertiary/aromatic N) is 2. The number of nitrogens with one attached hydrogen (secondary N) is 1. The number of aromatic nitrogens is 2. The zero-order chi connectivity index (χ0) is 10.7. The Bertz CT molecular complexity index is 398. The van der Waals surface area contributed by atoms with Gasteiger partial charge in [-0.25, -0.2) is 9.97 Å². The second kappa shape index (κ2) is 4.89. The van der Waals surface area contributed by atoms with E-state index in [0.717, 1.165) is 16.1 Å². The molecule has 76 valence electrons. The Morgan fingerprint density at radius 3 is 2.40 bits per heavy atom. The molecule has 5 heteroatoms. The van der Waals surface area contributed by atoms with Gasteiger partial charge in [0.1, 0.15) is 10.4 Å². The molecule has 15 heavy (non-hydrogen) atoms. The van der Waals surface area contributed by atoms with Gasteiger partial charge in [0.05, 0.1) is 12.4 Å². The summed E-state index contributed by atoms with van der Waals surface area (Å²) >= 11 is 5.51. The minimum Gasteiger partial charge on any atom is -0.339 e. The van der Waals surface area contributed by atoms with Gasteiger partial charge >= 0.3 is 0 Å². The van der Waals surface area contributed by atoms with Gasteiger partial charge in [0.25, 0.3) is 0 Å².